The molecule has 0 heterocycles. The van der Waals surface area contributed by atoms with Gasteiger partial charge in [-0.1, -0.05) is 23.8 Å². The number of aliphatic imine (C=N–C) groups is 1. The topological polar surface area (TPSA) is 59.6 Å². The van der Waals surface area contributed by atoms with Gasteiger partial charge in [0.2, 0.25) is 0 Å². The third-order valence-electron chi connectivity index (χ3n) is 2.89. The number of nitrogens with two attached hydrogens (primary N) is 1. The van der Waals surface area contributed by atoms with Crippen molar-refractivity contribution in [2.45, 2.75) is 33.7 Å². The molecule has 4 nitrogen and oxygen atoms in total. The van der Waals surface area contributed by atoms with Gasteiger partial charge < -0.3 is 15.8 Å². The molecule has 0 fully saturated rings. The predicted molar refractivity (Wildman–Crippen MR) is 95.8 cm³/mol. The molecule has 5 heteroatoms. The Morgan fingerprint density at radius 3 is 2.75 bits per heavy atom. The van der Waals surface area contributed by atoms with E-state index in [2.05, 4.69) is 42.4 Å². The highest BCUT2D eigenvalue weighted by molar-refractivity contribution is 14.0. The average Bonchev–Trinajstić information content (AvgIpc) is 2.37. The van der Waals surface area contributed by atoms with Crippen molar-refractivity contribution >= 4 is 29.9 Å². The number of benzene rings is 1. The van der Waals surface area contributed by atoms with E-state index in [1.807, 2.05) is 6.92 Å². The second-order valence-electron chi connectivity index (χ2n) is 4.61. The quantitative estimate of drug-likeness (QED) is 0.325. The Morgan fingerprint density at radius 1 is 1.35 bits per heavy atom. The number of guanidine groups is 1. The van der Waals surface area contributed by atoms with Crippen LogP contribution in [0.25, 0.3) is 0 Å². The lowest BCUT2D eigenvalue weighted by molar-refractivity contribution is 0.145. The van der Waals surface area contributed by atoms with Crippen LogP contribution in [0.1, 0.15) is 30.0 Å². The van der Waals surface area contributed by atoms with Crippen molar-refractivity contribution in [1.82, 2.24) is 5.32 Å². The molecule has 0 aromatic heterocycles. The highest BCUT2D eigenvalue weighted by Crippen LogP contribution is 2.11. The van der Waals surface area contributed by atoms with E-state index in [9.17, 15) is 0 Å². The van der Waals surface area contributed by atoms with E-state index in [1.54, 1.807) is 0 Å². The first-order valence-corrected chi connectivity index (χ1v) is 6.81. The molecule has 0 aliphatic heterocycles. The number of nitrogens with zero attached hydrogens (tertiary/aromatic N) is 1. The zero-order chi connectivity index (χ0) is 14.1. The molecule has 0 amide bonds. The van der Waals surface area contributed by atoms with E-state index in [4.69, 9.17) is 10.5 Å². The molecule has 0 saturated heterocycles. The maximum absolute atomic E-state index is 5.81. The average molecular weight is 391 g/mol. The molecule has 0 bridgehead atoms. The molecular weight excluding hydrogens is 365 g/mol. The highest BCUT2D eigenvalue weighted by Gasteiger charge is 1.98. The molecule has 1 aromatic rings. The second kappa shape index (κ2) is 10.9. The van der Waals surface area contributed by atoms with Crippen LogP contribution in [0.4, 0.5) is 0 Å². The Kier molecular flexibility index (Phi) is 10.5. The minimum Gasteiger partial charge on any atom is -0.382 e. The number of nitrogens with one attached hydrogen (secondary N) is 1. The van der Waals surface area contributed by atoms with Crippen LogP contribution in [-0.4, -0.2) is 25.7 Å². The van der Waals surface area contributed by atoms with E-state index in [0.717, 1.165) is 26.2 Å². The fraction of sp³-hybridized carbons (Fsp3) is 0.533. The van der Waals surface area contributed by atoms with Crippen molar-refractivity contribution in [3.8, 4) is 0 Å². The minimum atomic E-state index is 0. The summed E-state index contributed by atoms with van der Waals surface area (Å²) in [7, 11) is 0. The first kappa shape index (κ1) is 19.2. The summed E-state index contributed by atoms with van der Waals surface area (Å²) < 4.78 is 5.25. The molecule has 3 N–H and O–H groups in total. The van der Waals surface area contributed by atoms with Gasteiger partial charge in [0.1, 0.15) is 0 Å². The second-order valence-corrected chi connectivity index (χ2v) is 4.61. The molecule has 1 rings (SSSR count). The van der Waals surface area contributed by atoms with Crippen LogP contribution in [0.2, 0.25) is 0 Å². The molecule has 20 heavy (non-hydrogen) atoms. The Hall–Kier alpha value is -0.820. The normalized spacial score (nSPS) is 11.1. The Bertz CT molecular complexity index is 422. The molecule has 114 valence electrons. The lowest BCUT2D eigenvalue weighted by Crippen LogP contribution is -2.32. The first-order valence-electron chi connectivity index (χ1n) is 6.81. The molecule has 0 radical (unpaired) electrons. The largest absolute Gasteiger partial charge is 0.382 e. The summed E-state index contributed by atoms with van der Waals surface area (Å²) in [4.78, 5) is 4.35. The lowest BCUT2D eigenvalue weighted by Gasteiger charge is -2.07. The number of hydrogen-bond acceptors (Lipinski definition) is 2. The number of rotatable bonds is 7. The van der Waals surface area contributed by atoms with Gasteiger partial charge in [0.15, 0.2) is 5.96 Å². The van der Waals surface area contributed by atoms with Gasteiger partial charge in [-0.2, -0.15) is 0 Å². The molecule has 0 saturated carbocycles. The van der Waals surface area contributed by atoms with Crippen molar-refractivity contribution in [1.29, 1.82) is 0 Å². The molecule has 0 aliphatic carbocycles. The highest BCUT2D eigenvalue weighted by atomic mass is 127. The molecule has 0 atom stereocenters. The fourth-order valence-electron chi connectivity index (χ4n) is 1.78. The monoisotopic (exact) mass is 391 g/mol. The van der Waals surface area contributed by atoms with Crippen molar-refractivity contribution in [2.24, 2.45) is 10.7 Å². The van der Waals surface area contributed by atoms with Crippen molar-refractivity contribution in [3.05, 3.63) is 34.9 Å². The van der Waals surface area contributed by atoms with Crippen molar-refractivity contribution < 1.29 is 4.74 Å². The maximum Gasteiger partial charge on any atom is 0.188 e. The Morgan fingerprint density at radius 2 is 2.10 bits per heavy atom. The van der Waals surface area contributed by atoms with Gasteiger partial charge in [-0.15, -0.1) is 24.0 Å². The molecule has 0 spiro atoms. The van der Waals surface area contributed by atoms with Crippen LogP contribution >= 0.6 is 24.0 Å². The third-order valence-corrected chi connectivity index (χ3v) is 2.89. The molecule has 0 aliphatic rings. The predicted octanol–water partition coefficient (Wildman–Crippen LogP) is 2.75. The van der Waals surface area contributed by atoms with E-state index < -0.39 is 0 Å². The Labute approximate surface area is 139 Å². The summed E-state index contributed by atoms with van der Waals surface area (Å²) in [6.07, 6.45) is 0.938. The maximum atomic E-state index is 5.81. The van der Waals surface area contributed by atoms with Gasteiger partial charge in [0.05, 0.1) is 6.54 Å². The van der Waals surface area contributed by atoms with Gasteiger partial charge >= 0.3 is 0 Å². The van der Waals surface area contributed by atoms with E-state index >= 15 is 0 Å². The van der Waals surface area contributed by atoms with Gasteiger partial charge in [-0.3, -0.25) is 0 Å². The van der Waals surface area contributed by atoms with Crippen molar-refractivity contribution in [3.63, 3.8) is 0 Å². The number of ether oxygens (including phenoxy) is 1. The third kappa shape index (κ3) is 7.69. The van der Waals surface area contributed by atoms with Gasteiger partial charge in [-0.25, -0.2) is 4.99 Å². The summed E-state index contributed by atoms with van der Waals surface area (Å²) in [5.74, 6) is 0.497. The van der Waals surface area contributed by atoms with Crippen LogP contribution < -0.4 is 11.1 Å². The number of aryl methyl sites for hydroxylation is 2. The van der Waals surface area contributed by atoms with Crippen LogP contribution in [0, 0.1) is 13.8 Å². The van der Waals surface area contributed by atoms with Crippen LogP contribution in [0.15, 0.2) is 23.2 Å². The van der Waals surface area contributed by atoms with Gasteiger partial charge in [0, 0.05) is 19.8 Å². The minimum absolute atomic E-state index is 0. The van der Waals surface area contributed by atoms with Crippen LogP contribution in [-0.2, 0) is 11.3 Å². The van der Waals surface area contributed by atoms with E-state index in [0.29, 0.717) is 12.5 Å². The van der Waals surface area contributed by atoms with E-state index in [1.165, 1.54) is 16.7 Å². The van der Waals surface area contributed by atoms with Crippen LogP contribution in [0.5, 0.6) is 0 Å². The molecular formula is C15H26IN3O. The van der Waals surface area contributed by atoms with Crippen molar-refractivity contribution in [2.75, 3.05) is 19.8 Å². The zero-order valence-corrected chi connectivity index (χ0v) is 14.9. The molecule has 1 aromatic carbocycles. The van der Waals surface area contributed by atoms with Gasteiger partial charge in [0.25, 0.3) is 0 Å². The molecule has 0 unspecified atom stereocenters. The van der Waals surface area contributed by atoms with Crippen LogP contribution in [0.3, 0.4) is 0 Å². The fourth-order valence-corrected chi connectivity index (χ4v) is 1.78. The smallest absolute Gasteiger partial charge is 0.188 e. The van der Waals surface area contributed by atoms with Gasteiger partial charge in [-0.05, 0) is 38.3 Å². The lowest BCUT2D eigenvalue weighted by atomic mass is 10.1. The summed E-state index contributed by atoms with van der Waals surface area (Å²) >= 11 is 0. The zero-order valence-electron chi connectivity index (χ0n) is 12.6. The standard InChI is InChI=1S/C15H25N3O.HI/c1-4-19-9-5-8-17-15(16)18-11-14-7-6-12(2)10-13(14)3;/h6-7,10H,4-5,8-9,11H2,1-3H3,(H3,16,17,18);1H. The number of hydrogen-bond donors (Lipinski definition) is 2. The SMILES string of the molecule is CCOCCCNC(N)=NCc1ccc(C)cc1C.I. The summed E-state index contributed by atoms with van der Waals surface area (Å²) in [5.41, 5.74) is 9.55. The summed E-state index contributed by atoms with van der Waals surface area (Å²) in [6.45, 7) is 9.12. The summed E-state index contributed by atoms with van der Waals surface area (Å²) in [5, 5.41) is 3.09. The Balaban J connectivity index is 0.00000361. The van der Waals surface area contributed by atoms with E-state index in [-0.39, 0.29) is 24.0 Å². The number of halogens is 1. The first-order chi connectivity index (χ1) is 9.13. The summed E-state index contributed by atoms with van der Waals surface area (Å²) in [6, 6.07) is 6.37.